The Morgan fingerprint density at radius 1 is 1.20 bits per heavy atom. The molecule has 0 aromatic carbocycles. The summed E-state index contributed by atoms with van der Waals surface area (Å²) < 4.78 is 0. The molecular formula is C16H29NO3. The van der Waals surface area contributed by atoms with E-state index in [2.05, 4.69) is 12.2 Å². The summed E-state index contributed by atoms with van der Waals surface area (Å²) in [6.07, 6.45) is 8.87. The Hall–Kier alpha value is -1.06. The highest BCUT2D eigenvalue weighted by Gasteiger charge is 2.38. The van der Waals surface area contributed by atoms with Gasteiger partial charge in [0.1, 0.15) is 0 Å². The molecule has 0 radical (unpaired) electrons. The third-order valence-corrected chi connectivity index (χ3v) is 4.37. The van der Waals surface area contributed by atoms with Gasteiger partial charge in [-0.3, -0.25) is 9.59 Å². The van der Waals surface area contributed by atoms with E-state index in [1.54, 1.807) is 0 Å². The van der Waals surface area contributed by atoms with Crippen molar-refractivity contribution in [3.63, 3.8) is 0 Å². The van der Waals surface area contributed by atoms with Gasteiger partial charge in [-0.05, 0) is 31.6 Å². The minimum absolute atomic E-state index is 0.0251. The first kappa shape index (κ1) is 17.0. The number of rotatable bonds is 9. The van der Waals surface area contributed by atoms with Crippen LogP contribution in [0.5, 0.6) is 0 Å². The van der Waals surface area contributed by atoms with Gasteiger partial charge in [0.05, 0.1) is 6.42 Å². The molecular weight excluding hydrogens is 254 g/mol. The van der Waals surface area contributed by atoms with Gasteiger partial charge < -0.3 is 10.4 Å². The molecule has 1 aliphatic carbocycles. The lowest BCUT2D eigenvalue weighted by molar-refractivity contribution is -0.140. The number of amides is 1. The Kier molecular flexibility index (Phi) is 7.03. The van der Waals surface area contributed by atoms with Crippen LogP contribution in [0.4, 0.5) is 0 Å². The highest BCUT2D eigenvalue weighted by atomic mass is 16.4. The van der Waals surface area contributed by atoms with Crippen molar-refractivity contribution in [3.8, 4) is 0 Å². The predicted molar refractivity (Wildman–Crippen MR) is 79.5 cm³/mol. The molecule has 4 nitrogen and oxygen atoms in total. The molecule has 1 rings (SSSR count). The van der Waals surface area contributed by atoms with Crippen molar-refractivity contribution in [1.29, 1.82) is 0 Å². The van der Waals surface area contributed by atoms with Crippen molar-refractivity contribution in [2.24, 2.45) is 5.41 Å². The van der Waals surface area contributed by atoms with Crippen LogP contribution in [-0.4, -0.2) is 23.0 Å². The number of carbonyl (C=O) groups excluding carboxylic acids is 1. The van der Waals surface area contributed by atoms with Crippen LogP contribution < -0.4 is 5.32 Å². The number of aliphatic carboxylic acids is 1. The highest BCUT2D eigenvalue weighted by Crippen LogP contribution is 2.44. The quantitative estimate of drug-likeness (QED) is 0.636. The molecule has 1 unspecified atom stereocenters. The van der Waals surface area contributed by atoms with Gasteiger partial charge in [0.2, 0.25) is 5.91 Å². The third-order valence-electron chi connectivity index (χ3n) is 4.37. The second-order valence-corrected chi connectivity index (χ2v) is 6.42. The van der Waals surface area contributed by atoms with E-state index < -0.39 is 5.97 Å². The van der Waals surface area contributed by atoms with Crippen LogP contribution in [0.3, 0.4) is 0 Å². The van der Waals surface area contributed by atoms with Gasteiger partial charge in [-0.15, -0.1) is 0 Å². The standard InChI is InChI=1S/C16H29NO3/c1-3-4-5-8-13(2)17-14(18)11-16(12-15(19)20)9-6-7-10-16/h13H,3-12H2,1-2H3,(H,17,18)(H,19,20). The fourth-order valence-electron chi connectivity index (χ4n) is 3.30. The maximum absolute atomic E-state index is 12.1. The number of nitrogens with one attached hydrogen (secondary N) is 1. The first-order valence-corrected chi connectivity index (χ1v) is 7.98. The molecule has 0 saturated heterocycles. The molecule has 0 bridgehead atoms. The molecule has 0 heterocycles. The SMILES string of the molecule is CCCCCC(C)NC(=O)CC1(CC(=O)O)CCCC1. The van der Waals surface area contributed by atoms with Crippen molar-refractivity contribution in [3.05, 3.63) is 0 Å². The average Bonchev–Trinajstić information content (AvgIpc) is 2.76. The van der Waals surface area contributed by atoms with E-state index >= 15 is 0 Å². The van der Waals surface area contributed by atoms with E-state index in [1.807, 2.05) is 6.92 Å². The van der Waals surface area contributed by atoms with E-state index in [0.29, 0.717) is 6.42 Å². The first-order valence-electron chi connectivity index (χ1n) is 7.98. The lowest BCUT2D eigenvalue weighted by Crippen LogP contribution is -2.37. The monoisotopic (exact) mass is 283 g/mol. The fourth-order valence-corrected chi connectivity index (χ4v) is 3.30. The summed E-state index contributed by atoms with van der Waals surface area (Å²) in [4.78, 5) is 23.1. The molecule has 0 aromatic heterocycles. The number of unbranched alkanes of at least 4 members (excludes halogenated alkanes) is 2. The van der Waals surface area contributed by atoms with Gasteiger partial charge in [-0.2, -0.15) is 0 Å². The van der Waals surface area contributed by atoms with Crippen LogP contribution in [0, 0.1) is 5.41 Å². The maximum atomic E-state index is 12.1. The zero-order valence-electron chi connectivity index (χ0n) is 12.9. The lowest BCUT2D eigenvalue weighted by Gasteiger charge is -2.27. The first-order chi connectivity index (χ1) is 9.47. The van der Waals surface area contributed by atoms with E-state index in [4.69, 9.17) is 5.11 Å². The second kappa shape index (κ2) is 8.28. The van der Waals surface area contributed by atoms with Gasteiger partial charge in [-0.25, -0.2) is 0 Å². The summed E-state index contributed by atoms with van der Waals surface area (Å²) >= 11 is 0. The molecule has 0 aliphatic heterocycles. The Balaban J connectivity index is 2.40. The van der Waals surface area contributed by atoms with Crippen molar-refractivity contribution in [2.45, 2.75) is 84.1 Å². The van der Waals surface area contributed by atoms with Crippen LogP contribution in [0.2, 0.25) is 0 Å². The summed E-state index contributed by atoms with van der Waals surface area (Å²) in [6, 6.07) is 0.192. The highest BCUT2D eigenvalue weighted by molar-refractivity contribution is 5.78. The summed E-state index contributed by atoms with van der Waals surface area (Å²) in [5, 5.41) is 12.1. The molecule has 0 spiro atoms. The van der Waals surface area contributed by atoms with Gasteiger partial charge in [-0.1, -0.05) is 39.0 Å². The third kappa shape index (κ3) is 5.93. The van der Waals surface area contributed by atoms with Crippen molar-refractivity contribution in [1.82, 2.24) is 5.32 Å². The number of carbonyl (C=O) groups is 2. The van der Waals surface area contributed by atoms with Crippen LogP contribution in [-0.2, 0) is 9.59 Å². The normalized spacial score (nSPS) is 18.7. The summed E-state index contributed by atoms with van der Waals surface area (Å²) in [7, 11) is 0. The van der Waals surface area contributed by atoms with Crippen LogP contribution in [0.1, 0.15) is 78.1 Å². The summed E-state index contributed by atoms with van der Waals surface area (Å²) in [5.41, 5.74) is -0.293. The van der Waals surface area contributed by atoms with Gasteiger partial charge in [0.25, 0.3) is 0 Å². The number of hydrogen-bond acceptors (Lipinski definition) is 2. The molecule has 1 atom stereocenters. The molecule has 20 heavy (non-hydrogen) atoms. The molecule has 1 amide bonds. The Labute approximate surface area is 122 Å². The molecule has 1 saturated carbocycles. The zero-order chi connectivity index (χ0) is 15.0. The number of carboxylic acid groups (broad SMARTS) is 1. The van der Waals surface area contributed by atoms with Gasteiger partial charge in [0.15, 0.2) is 0 Å². The van der Waals surface area contributed by atoms with Crippen LogP contribution in [0.15, 0.2) is 0 Å². The molecule has 0 aromatic rings. The number of hydrogen-bond donors (Lipinski definition) is 2. The Bertz CT molecular complexity index is 322. The number of carboxylic acids is 1. The van der Waals surface area contributed by atoms with E-state index in [0.717, 1.165) is 38.5 Å². The van der Waals surface area contributed by atoms with Crippen molar-refractivity contribution in [2.75, 3.05) is 0 Å². The Morgan fingerprint density at radius 3 is 2.40 bits per heavy atom. The molecule has 4 heteroatoms. The van der Waals surface area contributed by atoms with Crippen molar-refractivity contribution >= 4 is 11.9 Å². The largest absolute Gasteiger partial charge is 0.481 e. The minimum Gasteiger partial charge on any atom is -0.481 e. The molecule has 116 valence electrons. The second-order valence-electron chi connectivity index (χ2n) is 6.42. The van der Waals surface area contributed by atoms with Crippen LogP contribution in [0.25, 0.3) is 0 Å². The van der Waals surface area contributed by atoms with Gasteiger partial charge in [0, 0.05) is 12.5 Å². The Morgan fingerprint density at radius 2 is 1.85 bits per heavy atom. The van der Waals surface area contributed by atoms with E-state index in [9.17, 15) is 9.59 Å². The van der Waals surface area contributed by atoms with Crippen LogP contribution >= 0.6 is 0 Å². The molecule has 1 fully saturated rings. The fraction of sp³-hybridized carbons (Fsp3) is 0.875. The molecule has 1 aliphatic rings. The maximum Gasteiger partial charge on any atom is 0.303 e. The minimum atomic E-state index is -0.782. The average molecular weight is 283 g/mol. The molecule has 2 N–H and O–H groups in total. The van der Waals surface area contributed by atoms with Gasteiger partial charge >= 0.3 is 5.97 Å². The van der Waals surface area contributed by atoms with E-state index in [1.165, 1.54) is 12.8 Å². The van der Waals surface area contributed by atoms with E-state index in [-0.39, 0.29) is 23.8 Å². The van der Waals surface area contributed by atoms with Crippen molar-refractivity contribution < 1.29 is 14.7 Å². The topological polar surface area (TPSA) is 66.4 Å². The smallest absolute Gasteiger partial charge is 0.303 e. The lowest BCUT2D eigenvalue weighted by atomic mass is 9.79. The zero-order valence-corrected chi connectivity index (χ0v) is 12.9. The summed E-state index contributed by atoms with van der Waals surface area (Å²) in [6.45, 7) is 4.20. The summed E-state index contributed by atoms with van der Waals surface area (Å²) in [5.74, 6) is -0.757. The predicted octanol–water partition coefficient (Wildman–Crippen LogP) is 3.50.